The monoisotopic (exact) mass is 371 g/mol. The van der Waals surface area contributed by atoms with Gasteiger partial charge < -0.3 is 14.7 Å². The fourth-order valence-corrected chi connectivity index (χ4v) is 3.85. The molecule has 0 aromatic heterocycles. The van der Waals surface area contributed by atoms with Crippen LogP contribution in [-0.2, 0) is 11.0 Å². The highest BCUT2D eigenvalue weighted by molar-refractivity contribution is 5.80. The molecule has 2 fully saturated rings. The molecule has 1 aliphatic heterocycles. The standard InChI is InChI=1S/C19H24F3NO3/c1-12-9-15(3-4-16(12)19(20,21)22)26-14-5-7-23(8-6-14)17(24)13-10-18(2,25)11-13/h3-4,9,13-14,25H,5-8,10-11H2,1-2H3/t13-,18+. The Kier molecular flexibility index (Phi) is 4.94. The zero-order valence-electron chi connectivity index (χ0n) is 15.0. The molecule has 1 aromatic rings. The van der Waals surface area contributed by atoms with Gasteiger partial charge in [-0.25, -0.2) is 0 Å². The largest absolute Gasteiger partial charge is 0.490 e. The van der Waals surface area contributed by atoms with Gasteiger partial charge in [0.15, 0.2) is 0 Å². The minimum Gasteiger partial charge on any atom is -0.490 e. The van der Waals surface area contributed by atoms with Crippen molar-refractivity contribution in [2.24, 2.45) is 5.92 Å². The summed E-state index contributed by atoms with van der Waals surface area (Å²) in [6, 6.07) is 3.81. The van der Waals surface area contributed by atoms with Crippen molar-refractivity contribution in [2.45, 2.75) is 57.4 Å². The van der Waals surface area contributed by atoms with Crippen LogP contribution < -0.4 is 4.74 Å². The predicted molar refractivity (Wildman–Crippen MR) is 89.8 cm³/mol. The SMILES string of the molecule is Cc1cc(OC2CCN(C(=O)[C@H]3C[C@@](C)(O)C3)CC2)ccc1C(F)(F)F. The van der Waals surface area contributed by atoms with E-state index in [0.717, 1.165) is 6.07 Å². The highest BCUT2D eigenvalue weighted by Gasteiger charge is 2.44. The molecule has 1 saturated carbocycles. The van der Waals surface area contributed by atoms with Crippen LogP contribution in [0.5, 0.6) is 5.75 Å². The molecular weight excluding hydrogens is 347 g/mol. The maximum atomic E-state index is 12.8. The molecule has 26 heavy (non-hydrogen) atoms. The second-order valence-electron chi connectivity index (χ2n) is 7.72. The van der Waals surface area contributed by atoms with Crippen molar-refractivity contribution in [3.63, 3.8) is 0 Å². The van der Waals surface area contributed by atoms with Crippen LogP contribution in [0.1, 0.15) is 43.7 Å². The van der Waals surface area contributed by atoms with E-state index in [-0.39, 0.29) is 23.5 Å². The third kappa shape index (κ3) is 4.14. The van der Waals surface area contributed by atoms with Gasteiger partial charge >= 0.3 is 6.18 Å². The van der Waals surface area contributed by atoms with Crippen LogP contribution in [0.4, 0.5) is 13.2 Å². The van der Waals surface area contributed by atoms with Crippen molar-refractivity contribution in [3.8, 4) is 5.75 Å². The first kappa shape index (κ1) is 19.0. The fourth-order valence-electron chi connectivity index (χ4n) is 3.85. The normalized spacial score (nSPS) is 27.2. The van der Waals surface area contributed by atoms with E-state index in [1.807, 2.05) is 0 Å². The Labute approximate surface area is 150 Å². The van der Waals surface area contributed by atoms with Gasteiger partial charge in [0.2, 0.25) is 5.91 Å². The number of piperidine rings is 1. The molecule has 2 aliphatic rings. The number of aliphatic hydroxyl groups is 1. The highest BCUT2D eigenvalue weighted by atomic mass is 19.4. The van der Waals surface area contributed by atoms with Crippen LogP contribution in [-0.4, -0.2) is 40.7 Å². The molecule has 0 unspecified atom stereocenters. The molecule has 1 saturated heterocycles. The smallest absolute Gasteiger partial charge is 0.416 e. The summed E-state index contributed by atoms with van der Waals surface area (Å²) in [4.78, 5) is 14.2. The Morgan fingerprint density at radius 1 is 1.27 bits per heavy atom. The third-order valence-electron chi connectivity index (χ3n) is 5.28. The average molecular weight is 371 g/mol. The first-order valence-electron chi connectivity index (χ1n) is 8.91. The molecule has 4 nitrogen and oxygen atoms in total. The molecule has 1 aromatic carbocycles. The number of hydrogen-bond acceptors (Lipinski definition) is 3. The van der Waals surface area contributed by atoms with E-state index in [0.29, 0.717) is 44.5 Å². The lowest BCUT2D eigenvalue weighted by molar-refractivity contribution is -0.151. The van der Waals surface area contributed by atoms with Gasteiger partial charge in [0.1, 0.15) is 11.9 Å². The molecule has 0 radical (unpaired) electrons. The van der Waals surface area contributed by atoms with E-state index in [1.165, 1.54) is 19.1 Å². The Hall–Kier alpha value is -1.76. The first-order chi connectivity index (χ1) is 12.0. The Morgan fingerprint density at radius 2 is 1.88 bits per heavy atom. The van der Waals surface area contributed by atoms with Gasteiger partial charge in [-0.1, -0.05) is 0 Å². The number of aryl methyl sites for hydroxylation is 1. The minimum absolute atomic E-state index is 0.0837. The van der Waals surface area contributed by atoms with Crippen molar-refractivity contribution in [3.05, 3.63) is 29.3 Å². The van der Waals surface area contributed by atoms with Gasteiger partial charge in [-0.3, -0.25) is 4.79 Å². The van der Waals surface area contributed by atoms with Crippen molar-refractivity contribution < 1.29 is 27.8 Å². The molecular formula is C19H24F3NO3. The summed E-state index contributed by atoms with van der Waals surface area (Å²) in [7, 11) is 0. The molecule has 1 aliphatic carbocycles. The number of hydrogen-bond donors (Lipinski definition) is 1. The summed E-state index contributed by atoms with van der Waals surface area (Å²) in [6.07, 6.45) is -2.16. The van der Waals surface area contributed by atoms with Crippen LogP contribution in [0.2, 0.25) is 0 Å². The molecule has 7 heteroatoms. The van der Waals surface area contributed by atoms with Gasteiger partial charge in [0.05, 0.1) is 11.2 Å². The number of ether oxygens (including phenoxy) is 1. The molecule has 144 valence electrons. The van der Waals surface area contributed by atoms with Gasteiger partial charge in [-0.15, -0.1) is 0 Å². The number of benzene rings is 1. The molecule has 3 rings (SSSR count). The van der Waals surface area contributed by atoms with Crippen molar-refractivity contribution in [1.82, 2.24) is 4.90 Å². The lowest BCUT2D eigenvalue weighted by atomic mass is 9.71. The van der Waals surface area contributed by atoms with Crippen molar-refractivity contribution in [1.29, 1.82) is 0 Å². The van der Waals surface area contributed by atoms with Crippen LogP contribution in [0.25, 0.3) is 0 Å². The molecule has 1 amide bonds. The Balaban J connectivity index is 1.51. The van der Waals surface area contributed by atoms with E-state index >= 15 is 0 Å². The topological polar surface area (TPSA) is 49.8 Å². The lowest BCUT2D eigenvalue weighted by Crippen LogP contribution is -2.51. The van der Waals surface area contributed by atoms with E-state index in [4.69, 9.17) is 4.74 Å². The van der Waals surface area contributed by atoms with E-state index < -0.39 is 17.3 Å². The molecule has 0 spiro atoms. The molecule has 0 atom stereocenters. The third-order valence-corrected chi connectivity index (χ3v) is 5.28. The summed E-state index contributed by atoms with van der Waals surface area (Å²) in [5, 5.41) is 9.77. The number of carbonyl (C=O) groups is 1. The highest BCUT2D eigenvalue weighted by Crippen LogP contribution is 2.39. The number of amides is 1. The number of rotatable bonds is 3. The zero-order valence-corrected chi connectivity index (χ0v) is 15.0. The Bertz CT molecular complexity index is 671. The van der Waals surface area contributed by atoms with Crippen molar-refractivity contribution in [2.75, 3.05) is 13.1 Å². The number of alkyl halides is 3. The maximum absolute atomic E-state index is 12.8. The average Bonchev–Trinajstić information content (AvgIpc) is 2.51. The fraction of sp³-hybridized carbons (Fsp3) is 0.632. The summed E-state index contributed by atoms with van der Waals surface area (Å²) in [5.41, 5.74) is -1.23. The van der Waals surface area contributed by atoms with Crippen LogP contribution in [0, 0.1) is 12.8 Å². The van der Waals surface area contributed by atoms with Crippen LogP contribution in [0.3, 0.4) is 0 Å². The Morgan fingerprint density at radius 3 is 2.38 bits per heavy atom. The van der Waals surface area contributed by atoms with Crippen LogP contribution >= 0.6 is 0 Å². The number of likely N-dealkylation sites (tertiary alicyclic amines) is 1. The molecule has 0 bridgehead atoms. The summed E-state index contributed by atoms with van der Waals surface area (Å²) in [5.74, 6) is 0.413. The number of nitrogens with zero attached hydrogens (tertiary/aromatic N) is 1. The van der Waals surface area contributed by atoms with Gasteiger partial charge in [0.25, 0.3) is 0 Å². The second kappa shape index (κ2) is 6.76. The van der Waals surface area contributed by atoms with Crippen LogP contribution in [0.15, 0.2) is 18.2 Å². The number of carbonyl (C=O) groups excluding carboxylic acids is 1. The maximum Gasteiger partial charge on any atom is 0.416 e. The van der Waals surface area contributed by atoms with Gasteiger partial charge in [-0.2, -0.15) is 13.2 Å². The number of halogens is 3. The second-order valence-corrected chi connectivity index (χ2v) is 7.72. The minimum atomic E-state index is -4.36. The van der Waals surface area contributed by atoms with E-state index in [9.17, 15) is 23.1 Å². The van der Waals surface area contributed by atoms with Gasteiger partial charge in [0, 0.05) is 31.8 Å². The van der Waals surface area contributed by atoms with E-state index in [1.54, 1.807) is 11.8 Å². The van der Waals surface area contributed by atoms with E-state index in [2.05, 4.69) is 0 Å². The molecule has 1 N–H and O–H groups in total. The quantitative estimate of drug-likeness (QED) is 0.884. The zero-order chi connectivity index (χ0) is 19.1. The molecule has 1 heterocycles. The van der Waals surface area contributed by atoms with Gasteiger partial charge in [-0.05, 0) is 50.5 Å². The summed E-state index contributed by atoms with van der Waals surface area (Å²) < 4.78 is 44.3. The lowest BCUT2D eigenvalue weighted by Gasteiger charge is -2.43. The van der Waals surface area contributed by atoms with Crippen molar-refractivity contribution >= 4 is 5.91 Å². The first-order valence-corrected chi connectivity index (χ1v) is 8.91. The summed E-state index contributed by atoms with van der Waals surface area (Å²) in [6.45, 7) is 4.30. The predicted octanol–water partition coefficient (Wildman–Crippen LogP) is 3.54. The summed E-state index contributed by atoms with van der Waals surface area (Å²) >= 11 is 0.